The third kappa shape index (κ3) is 4.79. The molecule has 0 radical (unpaired) electrons. The Hall–Kier alpha value is -1.36. The third-order valence-electron chi connectivity index (χ3n) is 5.68. The van der Waals surface area contributed by atoms with Crippen molar-refractivity contribution in [3.05, 3.63) is 41.1 Å². The second kappa shape index (κ2) is 9.91. The lowest BCUT2D eigenvalue weighted by Gasteiger charge is -2.35. The highest BCUT2D eigenvalue weighted by molar-refractivity contribution is 6.06. The summed E-state index contributed by atoms with van der Waals surface area (Å²) in [7, 11) is 0. The zero-order valence-electron chi connectivity index (χ0n) is 16.7. The van der Waals surface area contributed by atoms with Crippen molar-refractivity contribution in [2.45, 2.75) is 57.9 Å². The van der Waals surface area contributed by atoms with Crippen molar-refractivity contribution in [1.29, 1.82) is 0 Å². The van der Waals surface area contributed by atoms with Crippen LogP contribution in [0.25, 0.3) is 10.9 Å². The van der Waals surface area contributed by atoms with Crippen molar-refractivity contribution >= 4 is 41.6 Å². The SMILES string of the molecule is CCCN(C(=O)c1cc(C2CC2)nc2ccc(C)cc12)C1CCNCC1.Cl.Cl. The van der Waals surface area contributed by atoms with E-state index in [1.807, 2.05) is 0 Å². The summed E-state index contributed by atoms with van der Waals surface area (Å²) in [5.41, 5.74) is 4.10. The Morgan fingerprint density at radius 2 is 1.86 bits per heavy atom. The van der Waals surface area contributed by atoms with Gasteiger partial charge in [0.05, 0.1) is 11.1 Å². The molecule has 1 aliphatic carbocycles. The van der Waals surface area contributed by atoms with Gasteiger partial charge in [-0.05, 0) is 70.3 Å². The van der Waals surface area contributed by atoms with Crippen LogP contribution in [0.15, 0.2) is 24.3 Å². The summed E-state index contributed by atoms with van der Waals surface area (Å²) in [4.78, 5) is 20.6. The van der Waals surface area contributed by atoms with Crippen LogP contribution in [-0.2, 0) is 0 Å². The fourth-order valence-electron chi connectivity index (χ4n) is 4.09. The fourth-order valence-corrected chi connectivity index (χ4v) is 4.09. The average molecular weight is 424 g/mol. The smallest absolute Gasteiger partial charge is 0.254 e. The summed E-state index contributed by atoms with van der Waals surface area (Å²) in [5.74, 6) is 0.740. The van der Waals surface area contributed by atoms with E-state index in [1.165, 1.54) is 18.4 Å². The van der Waals surface area contributed by atoms with Gasteiger partial charge in [-0.1, -0.05) is 18.6 Å². The van der Waals surface area contributed by atoms with Crippen molar-refractivity contribution in [3.8, 4) is 0 Å². The first-order valence-corrected chi connectivity index (χ1v) is 10.1. The molecule has 154 valence electrons. The topological polar surface area (TPSA) is 45.2 Å². The van der Waals surface area contributed by atoms with Crippen LogP contribution in [0.5, 0.6) is 0 Å². The average Bonchev–Trinajstić information content (AvgIpc) is 3.51. The molecule has 0 spiro atoms. The molecule has 1 aliphatic heterocycles. The molecule has 1 N–H and O–H groups in total. The number of benzene rings is 1. The molecule has 4 rings (SSSR count). The summed E-state index contributed by atoms with van der Waals surface area (Å²) < 4.78 is 0. The standard InChI is InChI=1S/C22H29N3O.2ClH/c1-3-12-25(17-8-10-23-11-9-17)22(26)19-14-21(16-5-6-16)24-20-7-4-15(2)13-18(19)20;;/h4,7,13-14,16-17,23H,3,5-6,8-12H2,1-2H3;2*1H. The van der Waals surface area contributed by atoms with Crippen LogP contribution in [0.3, 0.4) is 0 Å². The summed E-state index contributed by atoms with van der Waals surface area (Å²) >= 11 is 0. The second-order valence-electron chi connectivity index (χ2n) is 7.87. The van der Waals surface area contributed by atoms with Crippen LogP contribution in [-0.4, -0.2) is 41.5 Å². The Balaban J connectivity index is 0.00000140. The van der Waals surface area contributed by atoms with Crippen molar-refractivity contribution in [1.82, 2.24) is 15.2 Å². The number of amides is 1. The maximum absolute atomic E-state index is 13.6. The predicted molar refractivity (Wildman–Crippen MR) is 120 cm³/mol. The van der Waals surface area contributed by atoms with Crippen molar-refractivity contribution in [2.75, 3.05) is 19.6 Å². The van der Waals surface area contributed by atoms with E-state index >= 15 is 0 Å². The van der Waals surface area contributed by atoms with Gasteiger partial charge in [0.15, 0.2) is 0 Å². The Bertz CT molecular complexity index is 817. The van der Waals surface area contributed by atoms with Crippen molar-refractivity contribution in [2.24, 2.45) is 0 Å². The number of nitrogens with zero attached hydrogens (tertiary/aromatic N) is 2. The van der Waals surface area contributed by atoms with E-state index in [-0.39, 0.29) is 30.7 Å². The van der Waals surface area contributed by atoms with Gasteiger partial charge in [-0.15, -0.1) is 24.8 Å². The Kier molecular flexibility index (Phi) is 8.11. The zero-order valence-corrected chi connectivity index (χ0v) is 18.4. The highest BCUT2D eigenvalue weighted by Gasteiger charge is 2.30. The maximum Gasteiger partial charge on any atom is 0.254 e. The van der Waals surface area contributed by atoms with Crippen LogP contribution in [0.2, 0.25) is 0 Å². The molecule has 1 amide bonds. The number of hydrogen-bond acceptors (Lipinski definition) is 3. The summed E-state index contributed by atoms with van der Waals surface area (Å²) in [5, 5.41) is 4.42. The van der Waals surface area contributed by atoms with Crippen LogP contribution in [0.1, 0.15) is 66.6 Å². The molecule has 0 unspecified atom stereocenters. The van der Waals surface area contributed by atoms with E-state index in [2.05, 4.69) is 48.3 Å². The normalized spacial score (nSPS) is 16.9. The number of halogens is 2. The van der Waals surface area contributed by atoms with Gasteiger partial charge in [-0.2, -0.15) is 0 Å². The number of carbonyl (C=O) groups is 1. The van der Waals surface area contributed by atoms with Crippen molar-refractivity contribution in [3.63, 3.8) is 0 Å². The molecule has 0 bridgehead atoms. The first-order valence-electron chi connectivity index (χ1n) is 10.1. The molecule has 1 saturated carbocycles. The highest BCUT2D eigenvalue weighted by atomic mass is 35.5. The van der Waals surface area contributed by atoms with E-state index in [0.29, 0.717) is 12.0 Å². The molecule has 1 saturated heterocycles. The number of piperidine rings is 1. The van der Waals surface area contributed by atoms with Gasteiger partial charge in [-0.3, -0.25) is 9.78 Å². The predicted octanol–water partition coefficient (Wildman–Crippen LogP) is 4.87. The number of nitrogens with one attached hydrogen (secondary N) is 1. The minimum absolute atomic E-state index is 0. The molecule has 28 heavy (non-hydrogen) atoms. The van der Waals surface area contributed by atoms with E-state index in [0.717, 1.165) is 61.1 Å². The molecule has 2 aliphatic rings. The second-order valence-corrected chi connectivity index (χ2v) is 7.87. The first-order chi connectivity index (χ1) is 12.7. The summed E-state index contributed by atoms with van der Waals surface area (Å²) in [6.45, 7) is 7.08. The number of carbonyl (C=O) groups excluding carboxylic acids is 1. The van der Waals surface area contributed by atoms with Gasteiger partial charge in [0, 0.05) is 29.6 Å². The Morgan fingerprint density at radius 1 is 1.14 bits per heavy atom. The number of hydrogen-bond donors (Lipinski definition) is 1. The number of rotatable bonds is 5. The number of fused-ring (bicyclic) bond motifs is 1. The molecule has 2 heterocycles. The van der Waals surface area contributed by atoms with Crippen LogP contribution in [0, 0.1) is 6.92 Å². The van der Waals surface area contributed by atoms with Gasteiger partial charge in [0.2, 0.25) is 0 Å². The molecule has 2 aromatic rings. The van der Waals surface area contributed by atoms with E-state index < -0.39 is 0 Å². The molecule has 1 aromatic carbocycles. The van der Waals surface area contributed by atoms with Gasteiger partial charge in [-0.25, -0.2) is 0 Å². The Labute approximate surface area is 180 Å². The van der Waals surface area contributed by atoms with Crippen LogP contribution < -0.4 is 5.32 Å². The third-order valence-corrected chi connectivity index (χ3v) is 5.68. The maximum atomic E-state index is 13.6. The van der Waals surface area contributed by atoms with Crippen LogP contribution >= 0.6 is 24.8 Å². The molecule has 1 aromatic heterocycles. The lowest BCUT2D eigenvalue weighted by molar-refractivity contribution is 0.0644. The Morgan fingerprint density at radius 3 is 2.50 bits per heavy atom. The molecular weight excluding hydrogens is 393 g/mol. The minimum Gasteiger partial charge on any atom is -0.336 e. The first kappa shape index (κ1) is 22.9. The quantitative estimate of drug-likeness (QED) is 0.745. The van der Waals surface area contributed by atoms with E-state index in [9.17, 15) is 4.79 Å². The van der Waals surface area contributed by atoms with Crippen molar-refractivity contribution < 1.29 is 4.79 Å². The molecule has 6 heteroatoms. The lowest BCUT2D eigenvalue weighted by Crippen LogP contribution is -2.46. The highest BCUT2D eigenvalue weighted by Crippen LogP contribution is 2.40. The van der Waals surface area contributed by atoms with Gasteiger partial charge in [0.25, 0.3) is 5.91 Å². The van der Waals surface area contributed by atoms with Gasteiger partial charge < -0.3 is 10.2 Å². The van der Waals surface area contributed by atoms with Gasteiger partial charge in [0.1, 0.15) is 0 Å². The summed E-state index contributed by atoms with van der Waals surface area (Å²) in [6, 6.07) is 8.73. The number of aromatic nitrogens is 1. The van der Waals surface area contributed by atoms with E-state index in [1.54, 1.807) is 0 Å². The minimum atomic E-state index is 0. The monoisotopic (exact) mass is 423 g/mol. The number of pyridine rings is 1. The lowest BCUT2D eigenvalue weighted by atomic mass is 9.99. The molecular formula is C22H31Cl2N3O. The number of aryl methyl sites for hydroxylation is 1. The summed E-state index contributed by atoms with van der Waals surface area (Å²) in [6.07, 6.45) is 5.48. The molecule has 0 atom stereocenters. The van der Waals surface area contributed by atoms with E-state index in [4.69, 9.17) is 4.98 Å². The largest absolute Gasteiger partial charge is 0.336 e. The molecule has 4 nitrogen and oxygen atoms in total. The van der Waals surface area contributed by atoms with Gasteiger partial charge >= 0.3 is 0 Å². The molecule has 2 fully saturated rings. The zero-order chi connectivity index (χ0) is 18.1. The van der Waals surface area contributed by atoms with Crippen LogP contribution in [0.4, 0.5) is 0 Å². The fraction of sp³-hybridized carbons (Fsp3) is 0.545.